The van der Waals surface area contributed by atoms with E-state index in [-0.39, 0.29) is 11.8 Å². The highest BCUT2D eigenvalue weighted by molar-refractivity contribution is 6.31. The third-order valence-corrected chi connectivity index (χ3v) is 3.98. The summed E-state index contributed by atoms with van der Waals surface area (Å²) in [6, 6.07) is 14.5. The molecule has 2 rings (SSSR count). The van der Waals surface area contributed by atoms with Gasteiger partial charge in [0.05, 0.1) is 6.04 Å². The molecule has 1 unspecified atom stereocenters. The molecule has 1 atom stereocenters. The largest absolute Gasteiger partial charge is 0.292 e. The number of nitrogens with zero attached hydrogens (tertiary/aromatic N) is 1. The average molecular weight is 322 g/mol. The normalized spacial score (nSPS) is 12.4. The van der Waals surface area contributed by atoms with E-state index in [0.29, 0.717) is 22.2 Å². The SMILES string of the molecule is CC(C(=O)c1cccc(Cl)c1)N(C)Cc1ccc(Cl)cc1. The minimum absolute atomic E-state index is 0.0639. The Bertz CT molecular complexity index is 625. The molecule has 0 aliphatic heterocycles. The van der Waals surface area contributed by atoms with Gasteiger partial charge in [0.2, 0.25) is 0 Å². The van der Waals surface area contributed by atoms with Crippen LogP contribution in [-0.4, -0.2) is 23.8 Å². The van der Waals surface area contributed by atoms with Gasteiger partial charge in [0, 0.05) is 22.2 Å². The number of likely N-dealkylation sites (N-methyl/N-ethyl adjacent to an activating group) is 1. The Labute approximate surface area is 135 Å². The second-order valence-electron chi connectivity index (χ2n) is 5.09. The van der Waals surface area contributed by atoms with Crippen molar-refractivity contribution in [3.63, 3.8) is 0 Å². The lowest BCUT2D eigenvalue weighted by Crippen LogP contribution is -2.35. The van der Waals surface area contributed by atoms with Crippen LogP contribution in [0.1, 0.15) is 22.8 Å². The van der Waals surface area contributed by atoms with Gasteiger partial charge < -0.3 is 0 Å². The summed E-state index contributed by atoms with van der Waals surface area (Å²) in [4.78, 5) is 14.5. The molecule has 0 N–H and O–H groups in total. The summed E-state index contributed by atoms with van der Waals surface area (Å²) in [5, 5.41) is 1.29. The van der Waals surface area contributed by atoms with Crippen LogP contribution in [0.5, 0.6) is 0 Å². The van der Waals surface area contributed by atoms with Crippen LogP contribution in [0, 0.1) is 0 Å². The first-order chi connectivity index (χ1) is 9.97. The molecule has 21 heavy (non-hydrogen) atoms. The number of hydrogen-bond acceptors (Lipinski definition) is 2. The Balaban J connectivity index is 2.06. The lowest BCUT2D eigenvalue weighted by atomic mass is 10.0. The van der Waals surface area contributed by atoms with Crippen LogP contribution in [0.3, 0.4) is 0 Å². The first-order valence-electron chi connectivity index (χ1n) is 6.72. The van der Waals surface area contributed by atoms with Crippen LogP contribution in [0.25, 0.3) is 0 Å². The highest BCUT2D eigenvalue weighted by Crippen LogP contribution is 2.16. The van der Waals surface area contributed by atoms with Crippen LogP contribution >= 0.6 is 23.2 Å². The van der Waals surface area contributed by atoms with E-state index in [9.17, 15) is 4.79 Å². The zero-order valence-corrected chi connectivity index (χ0v) is 13.5. The lowest BCUT2D eigenvalue weighted by molar-refractivity contribution is 0.0862. The Hall–Kier alpha value is -1.35. The van der Waals surface area contributed by atoms with Crippen molar-refractivity contribution in [2.75, 3.05) is 7.05 Å². The van der Waals surface area contributed by atoms with Gasteiger partial charge in [-0.2, -0.15) is 0 Å². The van der Waals surface area contributed by atoms with Crippen molar-refractivity contribution in [3.8, 4) is 0 Å². The van der Waals surface area contributed by atoms with Gasteiger partial charge in [-0.1, -0.05) is 47.5 Å². The molecule has 0 aliphatic rings. The number of carbonyl (C=O) groups excluding carboxylic acids is 1. The van der Waals surface area contributed by atoms with E-state index in [0.717, 1.165) is 5.56 Å². The Kier molecular flexibility index (Phi) is 5.40. The molecule has 2 aromatic carbocycles. The minimum Gasteiger partial charge on any atom is -0.292 e. The number of carbonyl (C=O) groups is 1. The fourth-order valence-corrected chi connectivity index (χ4v) is 2.41. The number of Topliss-reactive ketones (excluding diaryl/α,β-unsaturated/α-hetero) is 1. The van der Waals surface area contributed by atoms with E-state index in [2.05, 4.69) is 0 Å². The highest BCUT2D eigenvalue weighted by Gasteiger charge is 2.19. The molecule has 0 spiro atoms. The number of benzene rings is 2. The lowest BCUT2D eigenvalue weighted by Gasteiger charge is -2.23. The maximum absolute atomic E-state index is 12.5. The minimum atomic E-state index is -0.223. The highest BCUT2D eigenvalue weighted by atomic mass is 35.5. The van der Waals surface area contributed by atoms with Crippen molar-refractivity contribution in [2.24, 2.45) is 0 Å². The molecular weight excluding hydrogens is 305 g/mol. The summed E-state index contributed by atoms with van der Waals surface area (Å²) >= 11 is 11.8. The maximum atomic E-state index is 12.5. The summed E-state index contributed by atoms with van der Waals surface area (Å²) in [6.45, 7) is 2.59. The average Bonchev–Trinajstić information content (AvgIpc) is 2.48. The zero-order valence-electron chi connectivity index (χ0n) is 12.0. The summed E-state index contributed by atoms with van der Waals surface area (Å²) in [5.74, 6) is 0.0639. The predicted octanol–water partition coefficient (Wildman–Crippen LogP) is 4.70. The van der Waals surface area contributed by atoms with Crippen molar-refractivity contribution in [1.82, 2.24) is 4.90 Å². The van der Waals surface area contributed by atoms with Crippen molar-refractivity contribution < 1.29 is 4.79 Å². The Morgan fingerprint density at radius 2 is 1.76 bits per heavy atom. The fourth-order valence-electron chi connectivity index (χ4n) is 2.10. The molecule has 0 aliphatic carbocycles. The molecule has 2 nitrogen and oxygen atoms in total. The van der Waals surface area contributed by atoms with E-state index in [1.165, 1.54) is 0 Å². The number of hydrogen-bond donors (Lipinski definition) is 0. The molecule has 0 amide bonds. The van der Waals surface area contributed by atoms with Gasteiger partial charge in [-0.3, -0.25) is 9.69 Å². The smallest absolute Gasteiger partial charge is 0.179 e. The van der Waals surface area contributed by atoms with Crippen LogP contribution in [-0.2, 0) is 6.54 Å². The molecule has 110 valence electrons. The molecule has 0 fully saturated rings. The van der Waals surface area contributed by atoms with Crippen molar-refractivity contribution in [1.29, 1.82) is 0 Å². The first kappa shape index (κ1) is 16.0. The zero-order chi connectivity index (χ0) is 15.4. The van der Waals surface area contributed by atoms with Crippen molar-refractivity contribution in [2.45, 2.75) is 19.5 Å². The molecule has 0 radical (unpaired) electrons. The third kappa shape index (κ3) is 4.31. The van der Waals surface area contributed by atoms with Gasteiger partial charge in [-0.25, -0.2) is 0 Å². The first-order valence-corrected chi connectivity index (χ1v) is 7.47. The maximum Gasteiger partial charge on any atom is 0.179 e. The Morgan fingerprint density at radius 3 is 2.38 bits per heavy atom. The van der Waals surface area contributed by atoms with E-state index in [1.54, 1.807) is 24.3 Å². The molecule has 0 heterocycles. The summed E-state index contributed by atoms with van der Waals surface area (Å²) in [6.07, 6.45) is 0. The summed E-state index contributed by atoms with van der Waals surface area (Å²) in [5.41, 5.74) is 1.76. The van der Waals surface area contributed by atoms with Crippen LogP contribution in [0.2, 0.25) is 10.0 Å². The quantitative estimate of drug-likeness (QED) is 0.744. The molecule has 0 saturated carbocycles. The number of ketones is 1. The molecule has 0 bridgehead atoms. The number of halogens is 2. The summed E-state index contributed by atoms with van der Waals surface area (Å²) < 4.78 is 0. The topological polar surface area (TPSA) is 20.3 Å². The van der Waals surface area contributed by atoms with Gasteiger partial charge in [0.25, 0.3) is 0 Å². The van der Waals surface area contributed by atoms with Gasteiger partial charge in [0.1, 0.15) is 0 Å². The van der Waals surface area contributed by atoms with Crippen molar-refractivity contribution in [3.05, 3.63) is 69.7 Å². The van der Waals surface area contributed by atoms with Crippen LogP contribution < -0.4 is 0 Å². The van der Waals surface area contributed by atoms with E-state index in [1.807, 2.05) is 43.1 Å². The van der Waals surface area contributed by atoms with Gasteiger partial charge in [-0.05, 0) is 43.8 Å². The van der Waals surface area contributed by atoms with Crippen molar-refractivity contribution >= 4 is 29.0 Å². The monoisotopic (exact) mass is 321 g/mol. The van der Waals surface area contributed by atoms with Gasteiger partial charge >= 0.3 is 0 Å². The fraction of sp³-hybridized carbons (Fsp3) is 0.235. The van der Waals surface area contributed by atoms with E-state index >= 15 is 0 Å². The molecule has 0 aromatic heterocycles. The molecule has 0 saturated heterocycles. The van der Waals surface area contributed by atoms with Crippen LogP contribution in [0.15, 0.2) is 48.5 Å². The third-order valence-electron chi connectivity index (χ3n) is 3.49. The van der Waals surface area contributed by atoms with Gasteiger partial charge in [-0.15, -0.1) is 0 Å². The Morgan fingerprint density at radius 1 is 1.10 bits per heavy atom. The van der Waals surface area contributed by atoms with E-state index < -0.39 is 0 Å². The number of rotatable bonds is 5. The van der Waals surface area contributed by atoms with Crippen LogP contribution in [0.4, 0.5) is 0 Å². The second kappa shape index (κ2) is 7.08. The van der Waals surface area contributed by atoms with Gasteiger partial charge in [0.15, 0.2) is 5.78 Å². The molecule has 2 aromatic rings. The predicted molar refractivity (Wildman–Crippen MR) is 88.2 cm³/mol. The van der Waals surface area contributed by atoms with E-state index in [4.69, 9.17) is 23.2 Å². The summed E-state index contributed by atoms with van der Waals surface area (Å²) in [7, 11) is 1.93. The standard InChI is InChI=1S/C17H17Cl2NO/c1-12(17(21)14-4-3-5-16(19)10-14)20(2)11-13-6-8-15(18)9-7-13/h3-10,12H,11H2,1-2H3. The second-order valence-corrected chi connectivity index (χ2v) is 5.97. The molecular formula is C17H17Cl2NO. The molecule has 4 heteroatoms.